The molecule has 5 heteroatoms. The first-order chi connectivity index (χ1) is 11.1. The van der Waals surface area contributed by atoms with E-state index in [-0.39, 0.29) is 12.3 Å². The molecule has 0 spiro atoms. The number of hydrogen-bond donors (Lipinski definition) is 1. The Balaban J connectivity index is 1.68. The monoisotopic (exact) mass is 326 g/mol. The standard InChI is InChI=1S/C18H15ClN2O2/c1-12-4-2-3-5-16(12)20-18(22)11-15-10-17(23-21-15)13-6-8-14(19)9-7-13/h2-10H,11H2,1H3,(H,20,22). The molecular weight excluding hydrogens is 312 g/mol. The number of carbonyl (C=O) groups is 1. The zero-order chi connectivity index (χ0) is 16.2. The van der Waals surface area contributed by atoms with Crippen molar-refractivity contribution in [2.75, 3.05) is 5.32 Å². The maximum Gasteiger partial charge on any atom is 0.230 e. The van der Waals surface area contributed by atoms with Gasteiger partial charge in [0, 0.05) is 22.3 Å². The Bertz CT molecular complexity index is 825. The molecule has 0 radical (unpaired) electrons. The van der Waals surface area contributed by atoms with Crippen LogP contribution in [-0.2, 0) is 11.2 Å². The summed E-state index contributed by atoms with van der Waals surface area (Å²) in [4.78, 5) is 12.1. The van der Waals surface area contributed by atoms with Gasteiger partial charge in [-0.25, -0.2) is 0 Å². The Hall–Kier alpha value is -2.59. The topological polar surface area (TPSA) is 55.1 Å². The molecule has 0 aliphatic rings. The predicted molar refractivity (Wildman–Crippen MR) is 90.5 cm³/mol. The van der Waals surface area contributed by atoms with Crippen molar-refractivity contribution in [1.82, 2.24) is 5.16 Å². The van der Waals surface area contributed by atoms with Gasteiger partial charge in [-0.1, -0.05) is 35.0 Å². The average molecular weight is 327 g/mol. The highest BCUT2D eigenvalue weighted by atomic mass is 35.5. The van der Waals surface area contributed by atoms with Crippen molar-refractivity contribution in [2.24, 2.45) is 0 Å². The first kappa shape index (κ1) is 15.3. The number of amides is 1. The van der Waals surface area contributed by atoms with Crippen molar-refractivity contribution in [3.63, 3.8) is 0 Å². The van der Waals surface area contributed by atoms with Gasteiger partial charge in [0.05, 0.1) is 12.1 Å². The highest BCUT2D eigenvalue weighted by Gasteiger charge is 2.11. The average Bonchev–Trinajstić information content (AvgIpc) is 2.98. The maximum atomic E-state index is 12.1. The molecule has 0 atom stereocenters. The molecule has 116 valence electrons. The lowest BCUT2D eigenvalue weighted by molar-refractivity contribution is -0.115. The molecule has 4 nitrogen and oxygen atoms in total. The molecule has 0 saturated heterocycles. The van der Waals surface area contributed by atoms with Crippen LogP contribution in [0.15, 0.2) is 59.1 Å². The number of aromatic nitrogens is 1. The van der Waals surface area contributed by atoms with Crippen molar-refractivity contribution in [3.05, 3.63) is 70.9 Å². The third kappa shape index (κ3) is 3.79. The molecule has 0 bridgehead atoms. The van der Waals surface area contributed by atoms with Crippen LogP contribution in [0, 0.1) is 6.92 Å². The summed E-state index contributed by atoms with van der Waals surface area (Å²) in [7, 11) is 0. The van der Waals surface area contributed by atoms with E-state index in [9.17, 15) is 4.79 Å². The van der Waals surface area contributed by atoms with E-state index in [2.05, 4.69) is 10.5 Å². The molecule has 1 N–H and O–H groups in total. The number of hydrogen-bond acceptors (Lipinski definition) is 3. The van der Waals surface area contributed by atoms with E-state index in [4.69, 9.17) is 16.1 Å². The number of benzene rings is 2. The summed E-state index contributed by atoms with van der Waals surface area (Å²) in [5.74, 6) is 0.482. The summed E-state index contributed by atoms with van der Waals surface area (Å²) in [6.45, 7) is 1.95. The van der Waals surface area contributed by atoms with Crippen LogP contribution < -0.4 is 5.32 Å². The van der Waals surface area contributed by atoms with Crippen LogP contribution in [0.2, 0.25) is 5.02 Å². The third-order valence-electron chi connectivity index (χ3n) is 3.45. The second-order valence-electron chi connectivity index (χ2n) is 5.23. The Morgan fingerprint density at radius 2 is 1.91 bits per heavy atom. The van der Waals surface area contributed by atoms with Crippen LogP contribution in [0.25, 0.3) is 11.3 Å². The fourth-order valence-electron chi connectivity index (χ4n) is 2.22. The normalized spacial score (nSPS) is 10.5. The third-order valence-corrected chi connectivity index (χ3v) is 3.70. The Kier molecular flexibility index (Phi) is 4.44. The van der Waals surface area contributed by atoms with Gasteiger partial charge in [0.1, 0.15) is 0 Å². The first-order valence-corrected chi connectivity index (χ1v) is 7.56. The van der Waals surface area contributed by atoms with Crippen LogP contribution >= 0.6 is 11.6 Å². The van der Waals surface area contributed by atoms with Crippen molar-refractivity contribution < 1.29 is 9.32 Å². The molecule has 3 rings (SSSR count). The number of anilines is 1. The Morgan fingerprint density at radius 1 is 1.17 bits per heavy atom. The van der Waals surface area contributed by atoms with E-state index in [0.29, 0.717) is 16.5 Å². The summed E-state index contributed by atoms with van der Waals surface area (Å²) < 4.78 is 5.29. The maximum absolute atomic E-state index is 12.1. The largest absolute Gasteiger partial charge is 0.356 e. The number of carbonyl (C=O) groups excluding carboxylic acids is 1. The van der Waals surface area contributed by atoms with Crippen molar-refractivity contribution in [1.29, 1.82) is 0 Å². The SMILES string of the molecule is Cc1ccccc1NC(=O)Cc1cc(-c2ccc(Cl)cc2)on1. The van der Waals surface area contributed by atoms with Crippen molar-refractivity contribution in [2.45, 2.75) is 13.3 Å². The second-order valence-corrected chi connectivity index (χ2v) is 5.67. The van der Waals surface area contributed by atoms with Crippen LogP contribution in [0.3, 0.4) is 0 Å². The lowest BCUT2D eigenvalue weighted by Gasteiger charge is -2.06. The number of nitrogens with zero attached hydrogens (tertiary/aromatic N) is 1. The fraction of sp³-hybridized carbons (Fsp3) is 0.111. The number of para-hydroxylation sites is 1. The number of halogens is 1. The molecule has 0 aliphatic carbocycles. The minimum absolute atomic E-state index is 0.129. The van der Waals surface area contributed by atoms with Crippen LogP contribution in [0.5, 0.6) is 0 Å². The van der Waals surface area contributed by atoms with Crippen LogP contribution in [0.4, 0.5) is 5.69 Å². The lowest BCUT2D eigenvalue weighted by atomic mass is 10.1. The predicted octanol–water partition coefficient (Wildman–Crippen LogP) is 4.48. The van der Waals surface area contributed by atoms with Gasteiger partial charge in [-0.15, -0.1) is 0 Å². The molecule has 0 fully saturated rings. The molecule has 0 unspecified atom stereocenters. The van der Waals surface area contributed by atoms with Gasteiger partial charge in [0.25, 0.3) is 0 Å². The molecule has 1 aromatic heterocycles. The molecule has 0 saturated carbocycles. The van der Waals surface area contributed by atoms with Crippen LogP contribution in [0.1, 0.15) is 11.3 Å². The molecule has 23 heavy (non-hydrogen) atoms. The number of aryl methyl sites for hydroxylation is 1. The zero-order valence-electron chi connectivity index (χ0n) is 12.5. The van der Waals surface area contributed by atoms with Crippen molar-refractivity contribution in [3.8, 4) is 11.3 Å². The van der Waals surface area contributed by atoms with Crippen molar-refractivity contribution >= 4 is 23.2 Å². The van der Waals surface area contributed by atoms with E-state index in [1.54, 1.807) is 18.2 Å². The molecular formula is C18H15ClN2O2. The molecule has 3 aromatic rings. The van der Waals surface area contributed by atoms with Gasteiger partial charge in [-0.05, 0) is 42.8 Å². The quantitative estimate of drug-likeness (QED) is 0.768. The van der Waals surface area contributed by atoms with Gasteiger partial charge >= 0.3 is 0 Å². The highest BCUT2D eigenvalue weighted by molar-refractivity contribution is 6.30. The summed E-state index contributed by atoms with van der Waals surface area (Å²) >= 11 is 5.86. The Morgan fingerprint density at radius 3 is 2.65 bits per heavy atom. The van der Waals surface area contributed by atoms with Gasteiger partial charge in [0.15, 0.2) is 5.76 Å². The summed E-state index contributed by atoms with van der Waals surface area (Å²) in [5.41, 5.74) is 3.27. The Labute approximate surface area is 139 Å². The minimum atomic E-state index is -0.129. The van der Waals surface area contributed by atoms with E-state index < -0.39 is 0 Å². The molecule has 1 heterocycles. The minimum Gasteiger partial charge on any atom is -0.356 e. The fourth-order valence-corrected chi connectivity index (χ4v) is 2.34. The first-order valence-electron chi connectivity index (χ1n) is 7.19. The number of rotatable bonds is 4. The van der Waals surface area contributed by atoms with E-state index >= 15 is 0 Å². The second kappa shape index (κ2) is 6.67. The van der Waals surface area contributed by atoms with Gasteiger partial charge in [-0.2, -0.15) is 0 Å². The molecule has 2 aromatic carbocycles. The molecule has 0 aliphatic heterocycles. The molecule has 1 amide bonds. The summed E-state index contributed by atoms with van der Waals surface area (Å²) in [6, 6.07) is 16.7. The summed E-state index contributed by atoms with van der Waals surface area (Å²) in [5, 5.41) is 7.49. The zero-order valence-corrected chi connectivity index (χ0v) is 13.3. The smallest absolute Gasteiger partial charge is 0.230 e. The summed E-state index contributed by atoms with van der Waals surface area (Å²) in [6.07, 6.45) is 0.158. The van der Waals surface area contributed by atoms with Gasteiger partial charge in [-0.3, -0.25) is 4.79 Å². The van der Waals surface area contributed by atoms with E-state index in [1.807, 2.05) is 43.3 Å². The van der Waals surface area contributed by atoms with E-state index in [0.717, 1.165) is 16.8 Å². The van der Waals surface area contributed by atoms with E-state index in [1.165, 1.54) is 0 Å². The van der Waals surface area contributed by atoms with Crippen LogP contribution in [-0.4, -0.2) is 11.1 Å². The number of nitrogens with one attached hydrogen (secondary N) is 1. The lowest BCUT2D eigenvalue weighted by Crippen LogP contribution is -2.15. The highest BCUT2D eigenvalue weighted by Crippen LogP contribution is 2.22. The van der Waals surface area contributed by atoms with Gasteiger partial charge < -0.3 is 9.84 Å². The van der Waals surface area contributed by atoms with Gasteiger partial charge in [0.2, 0.25) is 5.91 Å².